The Morgan fingerprint density at radius 2 is 2.22 bits per heavy atom. The molecule has 1 saturated heterocycles. The number of benzene rings is 1. The van der Waals surface area contributed by atoms with Crippen LogP contribution in [-0.4, -0.2) is 24.4 Å². The molecule has 0 radical (unpaired) electrons. The van der Waals surface area contributed by atoms with Gasteiger partial charge in [0.05, 0.1) is 6.04 Å². The highest BCUT2D eigenvalue weighted by molar-refractivity contribution is 5.82. The van der Waals surface area contributed by atoms with E-state index < -0.39 is 0 Å². The number of hydrogen-bond acceptors (Lipinski definition) is 2. The second-order valence-corrected chi connectivity index (χ2v) is 4.36. The minimum Gasteiger partial charge on any atom is -0.354 e. The van der Waals surface area contributed by atoms with Gasteiger partial charge < -0.3 is 10.6 Å². The van der Waals surface area contributed by atoms with Crippen molar-refractivity contribution in [1.29, 1.82) is 0 Å². The molecule has 1 atom stereocenters. The fraction of sp³-hybridized carbons (Fsp3) is 0.385. The molecule has 5 heteroatoms. The van der Waals surface area contributed by atoms with E-state index in [1.165, 1.54) is 6.07 Å². The molecule has 1 aromatic carbocycles. The standard InChI is InChI=1S/C13H15FN2O2/c14-11-4-2-1-3-9(11)5-6-12(17)16-10-7-13(18)15-8-10/h1-4,10H,5-8H2,(H,15,18)(H,16,17). The molecule has 1 heterocycles. The van der Waals surface area contributed by atoms with Crippen LogP contribution in [0.1, 0.15) is 18.4 Å². The lowest BCUT2D eigenvalue weighted by atomic mass is 10.1. The average molecular weight is 250 g/mol. The second-order valence-electron chi connectivity index (χ2n) is 4.36. The molecule has 1 aliphatic heterocycles. The van der Waals surface area contributed by atoms with Crippen LogP contribution in [-0.2, 0) is 16.0 Å². The number of nitrogens with one attached hydrogen (secondary N) is 2. The molecule has 18 heavy (non-hydrogen) atoms. The molecule has 1 fully saturated rings. The molecule has 0 aliphatic carbocycles. The van der Waals surface area contributed by atoms with Crippen molar-refractivity contribution in [3.8, 4) is 0 Å². The Morgan fingerprint density at radius 3 is 2.89 bits per heavy atom. The van der Waals surface area contributed by atoms with Crippen LogP contribution < -0.4 is 10.6 Å². The number of hydrogen-bond donors (Lipinski definition) is 2. The van der Waals surface area contributed by atoms with E-state index in [1.54, 1.807) is 18.2 Å². The van der Waals surface area contributed by atoms with Crippen molar-refractivity contribution < 1.29 is 14.0 Å². The molecule has 2 N–H and O–H groups in total. The van der Waals surface area contributed by atoms with E-state index in [0.717, 1.165) is 0 Å². The molecule has 1 aromatic rings. The summed E-state index contributed by atoms with van der Waals surface area (Å²) in [5.41, 5.74) is 0.535. The van der Waals surface area contributed by atoms with Gasteiger partial charge in [0.15, 0.2) is 0 Å². The molecular weight excluding hydrogens is 235 g/mol. The second kappa shape index (κ2) is 5.62. The molecule has 0 spiro atoms. The van der Waals surface area contributed by atoms with E-state index in [0.29, 0.717) is 24.9 Å². The van der Waals surface area contributed by atoms with Crippen molar-refractivity contribution in [2.75, 3.05) is 6.54 Å². The third-order valence-electron chi connectivity index (χ3n) is 2.92. The quantitative estimate of drug-likeness (QED) is 0.829. The zero-order chi connectivity index (χ0) is 13.0. The summed E-state index contributed by atoms with van der Waals surface area (Å²) in [6.07, 6.45) is 0.920. The van der Waals surface area contributed by atoms with Crippen LogP contribution in [0.5, 0.6) is 0 Å². The monoisotopic (exact) mass is 250 g/mol. The number of rotatable bonds is 4. The molecule has 1 aliphatic rings. The van der Waals surface area contributed by atoms with Gasteiger partial charge in [0, 0.05) is 19.4 Å². The van der Waals surface area contributed by atoms with Crippen LogP contribution in [0.2, 0.25) is 0 Å². The molecule has 1 unspecified atom stereocenters. The predicted octanol–water partition coefficient (Wildman–Crippen LogP) is 0.763. The summed E-state index contributed by atoms with van der Waals surface area (Å²) < 4.78 is 13.3. The van der Waals surface area contributed by atoms with Crippen LogP contribution in [0.15, 0.2) is 24.3 Å². The third kappa shape index (κ3) is 3.29. The van der Waals surface area contributed by atoms with Crippen LogP contribution in [0, 0.1) is 5.82 Å². The molecule has 0 saturated carbocycles. The van der Waals surface area contributed by atoms with E-state index in [-0.39, 0.29) is 30.1 Å². The lowest BCUT2D eigenvalue weighted by molar-refractivity contribution is -0.121. The van der Waals surface area contributed by atoms with Crippen molar-refractivity contribution in [2.45, 2.75) is 25.3 Å². The summed E-state index contributed by atoms with van der Waals surface area (Å²) in [5, 5.41) is 5.40. The van der Waals surface area contributed by atoms with Gasteiger partial charge in [-0.25, -0.2) is 4.39 Å². The first kappa shape index (κ1) is 12.5. The lowest BCUT2D eigenvalue weighted by Crippen LogP contribution is -2.36. The van der Waals surface area contributed by atoms with Crippen molar-refractivity contribution >= 4 is 11.8 Å². The highest BCUT2D eigenvalue weighted by atomic mass is 19.1. The summed E-state index contributed by atoms with van der Waals surface area (Å²) in [5.74, 6) is -0.489. The van der Waals surface area contributed by atoms with Gasteiger partial charge in [0.25, 0.3) is 0 Å². The zero-order valence-corrected chi connectivity index (χ0v) is 9.91. The molecule has 0 aromatic heterocycles. The molecule has 2 rings (SSSR count). The minimum atomic E-state index is -0.289. The Labute approximate surface area is 105 Å². The number of carbonyl (C=O) groups excluding carboxylic acids is 2. The van der Waals surface area contributed by atoms with Gasteiger partial charge in [-0.1, -0.05) is 18.2 Å². The summed E-state index contributed by atoms with van der Waals surface area (Å²) in [6, 6.07) is 6.28. The van der Waals surface area contributed by atoms with E-state index in [1.807, 2.05) is 0 Å². The van der Waals surface area contributed by atoms with Gasteiger partial charge in [-0.3, -0.25) is 9.59 Å². The molecule has 96 valence electrons. The van der Waals surface area contributed by atoms with E-state index in [4.69, 9.17) is 0 Å². The zero-order valence-electron chi connectivity index (χ0n) is 9.91. The maximum Gasteiger partial charge on any atom is 0.222 e. The highest BCUT2D eigenvalue weighted by Crippen LogP contribution is 2.09. The molecule has 2 amide bonds. The van der Waals surface area contributed by atoms with Crippen LogP contribution in [0.4, 0.5) is 4.39 Å². The third-order valence-corrected chi connectivity index (χ3v) is 2.92. The fourth-order valence-corrected chi connectivity index (χ4v) is 1.96. The summed E-state index contributed by atoms with van der Waals surface area (Å²) in [6.45, 7) is 0.476. The number of carbonyl (C=O) groups is 2. The average Bonchev–Trinajstić information content (AvgIpc) is 2.74. The Bertz CT molecular complexity index is 462. The topological polar surface area (TPSA) is 58.2 Å². The van der Waals surface area contributed by atoms with Crippen LogP contribution >= 0.6 is 0 Å². The molecule has 4 nitrogen and oxygen atoms in total. The number of aryl methyl sites for hydroxylation is 1. The summed E-state index contributed by atoms with van der Waals surface area (Å²) in [4.78, 5) is 22.6. The summed E-state index contributed by atoms with van der Waals surface area (Å²) >= 11 is 0. The van der Waals surface area contributed by atoms with Crippen molar-refractivity contribution in [3.63, 3.8) is 0 Å². The first-order valence-electron chi connectivity index (χ1n) is 5.94. The van der Waals surface area contributed by atoms with E-state index in [9.17, 15) is 14.0 Å². The SMILES string of the molecule is O=C1CC(NC(=O)CCc2ccccc2F)CN1. The first-order valence-corrected chi connectivity index (χ1v) is 5.94. The van der Waals surface area contributed by atoms with Crippen molar-refractivity contribution in [1.82, 2.24) is 10.6 Å². The van der Waals surface area contributed by atoms with Crippen molar-refractivity contribution in [2.24, 2.45) is 0 Å². The number of amides is 2. The Balaban J connectivity index is 1.78. The van der Waals surface area contributed by atoms with Gasteiger partial charge in [-0.2, -0.15) is 0 Å². The smallest absolute Gasteiger partial charge is 0.222 e. The van der Waals surface area contributed by atoms with Gasteiger partial charge in [0.2, 0.25) is 11.8 Å². The van der Waals surface area contributed by atoms with E-state index >= 15 is 0 Å². The number of halogens is 1. The maximum absolute atomic E-state index is 13.3. The minimum absolute atomic E-state index is 0.0468. The highest BCUT2D eigenvalue weighted by Gasteiger charge is 2.22. The van der Waals surface area contributed by atoms with Gasteiger partial charge in [0.1, 0.15) is 5.82 Å². The van der Waals surface area contributed by atoms with Crippen molar-refractivity contribution in [3.05, 3.63) is 35.6 Å². The van der Waals surface area contributed by atoms with Gasteiger partial charge in [-0.05, 0) is 18.1 Å². The largest absolute Gasteiger partial charge is 0.354 e. The lowest BCUT2D eigenvalue weighted by Gasteiger charge is -2.10. The maximum atomic E-state index is 13.3. The molecular formula is C13H15FN2O2. The fourth-order valence-electron chi connectivity index (χ4n) is 1.96. The van der Waals surface area contributed by atoms with Crippen LogP contribution in [0.25, 0.3) is 0 Å². The van der Waals surface area contributed by atoms with Gasteiger partial charge in [-0.15, -0.1) is 0 Å². The van der Waals surface area contributed by atoms with Crippen LogP contribution in [0.3, 0.4) is 0 Å². The normalized spacial score (nSPS) is 18.5. The van der Waals surface area contributed by atoms with E-state index in [2.05, 4.69) is 10.6 Å². The Morgan fingerprint density at radius 1 is 1.44 bits per heavy atom. The Hall–Kier alpha value is -1.91. The van der Waals surface area contributed by atoms with Gasteiger partial charge >= 0.3 is 0 Å². The Kier molecular flexibility index (Phi) is 3.92. The predicted molar refractivity (Wildman–Crippen MR) is 64.3 cm³/mol. The first-order chi connectivity index (χ1) is 8.65. The molecule has 0 bridgehead atoms. The summed E-state index contributed by atoms with van der Waals surface area (Å²) in [7, 11) is 0.